The van der Waals surface area contributed by atoms with E-state index in [1.54, 1.807) is 12.1 Å². The lowest BCUT2D eigenvalue weighted by Gasteiger charge is -2.12. The van der Waals surface area contributed by atoms with Crippen molar-refractivity contribution in [2.75, 3.05) is 20.1 Å². The van der Waals surface area contributed by atoms with Crippen molar-refractivity contribution < 1.29 is 4.39 Å². The van der Waals surface area contributed by atoms with Crippen LogP contribution in [0.15, 0.2) is 64.8 Å². The van der Waals surface area contributed by atoms with Gasteiger partial charge in [0, 0.05) is 33.5 Å². The Balaban J connectivity index is 2.01. The molecule has 0 amide bonds. The molecule has 1 aliphatic heterocycles. The van der Waals surface area contributed by atoms with Crippen LogP contribution in [0.1, 0.15) is 11.1 Å². The predicted molar refractivity (Wildman–Crippen MR) is 105 cm³/mol. The summed E-state index contributed by atoms with van der Waals surface area (Å²) in [6.07, 6.45) is 0. The van der Waals surface area contributed by atoms with E-state index in [0.29, 0.717) is 30.9 Å². The minimum absolute atomic E-state index is 0.270. The van der Waals surface area contributed by atoms with Gasteiger partial charge in [0.2, 0.25) is 0 Å². The SMILES string of the molecule is CN1CC(N)=C(C(=NCc2cccc(I)c2)c2ccccc2F)C1. The molecule has 0 spiro atoms. The van der Waals surface area contributed by atoms with Crippen LogP contribution >= 0.6 is 22.6 Å². The number of likely N-dealkylation sites (N-methyl/N-ethyl adjacent to an activating group) is 1. The maximum Gasteiger partial charge on any atom is 0.132 e. The lowest BCUT2D eigenvalue weighted by atomic mass is 10.0. The molecule has 0 radical (unpaired) electrons. The summed E-state index contributed by atoms with van der Waals surface area (Å²) in [4.78, 5) is 6.85. The van der Waals surface area contributed by atoms with Gasteiger partial charge in [0.25, 0.3) is 0 Å². The minimum atomic E-state index is -0.270. The third-order valence-corrected chi connectivity index (χ3v) is 4.65. The van der Waals surface area contributed by atoms with Gasteiger partial charge in [-0.25, -0.2) is 4.39 Å². The van der Waals surface area contributed by atoms with Gasteiger partial charge in [-0.05, 0) is 59.5 Å². The summed E-state index contributed by atoms with van der Waals surface area (Å²) in [5.74, 6) is -0.270. The normalized spacial score (nSPS) is 16.0. The third kappa shape index (κ3) is 3.84. The number of halogens is 2. The largest absolute Gasteiger partial charge is 0.401 e. The van der Waals surface area contributed by atoms with E-state index in [9.17, 15) is 4.39 Å². The molecular formula is C19H19FIN3. The van der Waals surface area contributed by atoms with Gasteiger partial charge < -0.3 is 5.73 Å². The Labute approximate surface area is 155 Å². The van der Waals surface area contributed by atoms with Crippen LogP contribution in [-0.4, -0.2) is 30.7 Å². The van der Waals surface area contributed by atoms with E-state index in [0.717, 1.165) is 20.4 Å². The Morgan fingerprint density at radius 1 is 1.21 bits per heavy atom. The van der Waals surface area contributed by atoms with Crippen molar-refractivity contribution in [3.8, 4) is 0 Å². The molecule has 0 aromatic heterocycles. The van der Waals surface area contributed by atoms with Crippen LogP contribution < -0.4 is 5.73 Å². The Bertz CT molecular complexity index is 814. The average Bonchev–Trinajstić information content (AvgIpc) is 2.88. The lowest BCUT2D eigenvalue weighted by molar-refractivity contribution is 0.426. The summed E-state index contributed by atoms with van der Waals surface area (Å²) in [5.41, 5.74) is 10.1. The Morgan fingerprint density at radius 2 is 2.00 bits per heavy atom. The molecule has 0 atom stereocenters. The van der Waals surface area contributed by atoms with Crippen LogP contribution in [0.5, 0.6) is 0 Å². The molecule has 2 aromatic carbocycles. The molecule has 2 N–H and O–H groups in total. The molecule has 0 bridgehead atoms. The average molecular weight is 435 g/mol. The molecule has 1 aliphatic rings. The highest BCUT2D eigenvalue weighted by Gasteiger charge is 2.23. The molecule has 124 valence electrons. The zero-order valence-corrected chi connectivity index (χ0v) is 15.6. The Morgan fingerprint density at radius 3 is 2.67 bits per heavy atom. The second-order valence-electron chi connectivity index (χ2n) is 5.95. The van der Waals surface area contributed by atoms with Crippen LogP contribution in [-0.2, 0) is 6.54 Å². The molecule has 0 unspecified atom stereocenters. The molecule has 3 rings (SSSR count). The highest BCUT2D eigenvalue weighted by atomic mass is 127. The molecule has 1 heterocycles. The monoisotopic (exact) mass is 435 g/mol. The van der Waals surface area contributed by atoms with Crippen molar-refractivity contribution in [1.82, 2.24) is 4.90 Å². The van der Waals surface area contributed by atoms with Crippen molar-refractivity contribution in [2.24, 2.45) is 10.7 Å². The zero-order valence-electron chi connectivity index (χ0n) is 13.5. The van der Waals surface area contributed by atoms with E-state index in [-0.39, 0.29) is 5.82 Å². The zero-order chi connectivity index (χ0) is 17.1. The topological polar surface area (TPSA) is 41.6 Å². The first-order valence-electron chi connectivity index (χ1n) is 7.75. The number of aliphatic imine (C=N–C) groups is 1. The fraction of sp³-hybridized carbons (Fsp3) is 0.211. The van der Waals surface area contributed by atoms with Crippen molar-refractivity contribution >= 4 is 28.3 Å². The van der Waals surface area contributed by atoms with Crippen molar-refractivity contribution in [1.29, 1.82) is 0 Å². The molecule has 0 fully saturated rings. The van der Waals surface area contributed by atoms with Gasteiger partial charge in [-0.1, -0.05) is 24.3 Å². The first kappa shape index (κ1) is 17.1. The first-order chi connectivity index (χ1) is 11.5. The van der Waals surface area contributed by atoms with Crippen LogP contribution in [0.2, 0.25) is 0 Å². The van der Waals surface area contributed by atoms with Crippen LogP contribution in [0, 0.1) is 9.39 Å². The van der Waals surface area contributed by atoms with Crippen molar-refractivity contribution in [2.45, 2.75) is 6.54 Å². The molecule has 24 heavy (non-hydrogen) atoms. The molecule has 3 nitrogen and oxygen atoms in total. The van der Waals surface area contributed by atoms with Gasteiger partial charge in [0.15, 0.2) is 0 Å². The summed E-state index contributed by atoms with van der Waals surface area (Å²) in [6, 6.07) is 14.9. The smallest absolute Gasteiger partial charge is 0.132 e. The molecular weight excluding hydrogens is 416 g/mol. The standard InChI is InChI=1S/C19H19FIN3/c1-24-11-16(18(22)12-24)19(15-7-2-3-8-17(15)20)23-10-13-5-4-6-14(21)9-13/h2-9H,10-12,22H2,1H3. The highest BCUT2D eigenvalue weighted by molar-refractivity contribution is 14.1. The van der Waals surface area contributed by atoms with Gasteiger partial charge in [-0.3, -0.25) is 9.89 Å². The van der Waals surface area contributed by atoms with Gasteiger partial charge in [0.05, 0.1) is 12.3 Å². The molecule has 0 saturated carbocycles. The first-order valence-corrected chi connectivity index (χ1v) is 8.82. The van der Waals surface area contributed by atoms with E-state index < -0.39 is 0 Å². The molecule has 0 aliphatic carbocycles. The lowest BCUT2D eigenvalue weighted by Crippen LogP contribution is -2.18. The highest BCUT2D eigenvalue weighted by Crippen LogP contribution is 2.21. The molecule has 2 aromatic rings. The minimum Gasteiger partial charge on any atom is -0.401 e. The summed E-state index contributed by atoms with van der Waals surface area (Å²) in [6.45, 7) is 1.87. The second-order valence-corrected chi connectivity index (χ2v) is 7.20. The molecule has 0 saturated heterocycles. The number of nitrogens with zero attached hydrogens (tertiary/aromatic N) is 2. The van der Waals surface area contributed by atoms with Crippen molar-refractivity contribution in [3.05, 3.63) is 80.3 Å². The Hall–Kier alpha value is -1.73. The van der Waals surface area contributed by atoms with Crippen LogP contribution in [0.4, 0.5) is 4.39 Å². The number of hydrogen-bond acceptors (Lipinski definition) is 3. The maximum absolute atomic E-state index is 14.3. The summed E-state index contributed by atoms with van der Waals surface area (Å²) in [7, 11) is 2.00. The summed E-state index contributed by atoms with van der Waals surface area (Å²) >= 11 is 2.28. The number of nitrogens with two attached hydrogens (primary N) is 1. The van der Waals surface area contributed by atoms with Gasteiger partial charge >= 0.3 is 0 Å². The Kier molecular flexibility index (Phi) is 5.30. The second kappa shape index (κ2) is 7.44. The third-order valence-electron chi connectivity index (χ3n) is 3.98. The summed E-state index contributed by atoms with van der Waals surface area (Å²) < 4.78 is 15.5. The van der Waals surface area contributed by atoms with E-state index in [1.807, 2.05) is 31.3 Å². The maximum atomic E-state index is 14.3. The summed E-state index contributed by atoms with van der Waals surface area (Å²) in [5, 5.41) is 0. The van der Waals surface area contributed by atoms with E-state index >= 15 is 0 Å². The van der Waals surface area contributed by atoms with Gasteiger partial charge in [-0.15, -0.1) is 0 Å². The fourth-order valence-electron chi connectivity index (χ4n) is 2.84. The number of hydrogen-bond donors (Lipinski definition) is 1. The molecule has 5 heteroatoms. The number of benzene rings is 2. The van der Waals surface area contributed by atoms with Crippen LogP contribution in [0.3, 0.4) is 0 Å². The van der Waals surface area contributed by atoms with E-state index in [4.69, 9.17) is 10.7 Å². The quantitative estimate of drug-likeness (QED) is 0.590. The van der Waals surface area contributed by atoms with Crippen LogP contribution in [0.25, 0.3) is 0 Å². The van der Waals surface area contributed by atoms with E-state index in [2.05, 4.69) is 33.6 Å². The number of rotatable bonds is 4. The predicted octanol–water partition coefficient (Wildman–Crippen LogP) is 3.58. The van der Waals surface area contributed by atoms with E-state index in [1.165, 1.54) is 6.07 Å². The van der Waals surface area contributed by atoms with Gasteiger partial charge in [0.1, 0.15) is 5.82 Å². The fourth-order valence-corrected chi connectivity index (χ4v) is 3.45. The van der Waals surface area contributed by atoms with Gasteiger partial charge in [-0.2, -0.15) is 0 Å². The van der Waals surface area contributed by atoms with Crippen molar-refractivity contribution in [3.63, 3.8) is 0 Å².